The Hall–Kier alpha value is -1.74. The maximum atomic E-state index is 12.5. The van der Waals surface area contributed by atoms with Crippen LogP contribution in [0.15, 0.2) is 35.2 Å². The van der Waals surface area contributed by atoms with Gasteiger partial charge in [0.15, 0.2) is 0 Å². The van der Waals surface area contributed by atoms with Gasteiger partial charge in [-0.05, 0) is 12.1 Å². The Balaban J connectivity index is 2.16. The first-order chi connectivity index (χ1) is 10.8. The van der Waals surface area contributed by atoms with Crippen LogP contribution in [0.25, 0.3) is 10.9 Å². The second kappa shape index (κ2) is 5.72. The summed E-state index contributed by atoms with van der Waals surface area (Å²) in [5.41, 5.74) is 0.191. The first kappa shape index (κ1) is 16.1. The SMILES string of the molecule is O=C(O)c1[nH]c2ccccc2c1NS(=O)(=O)c1cc(Cl)sc1Cl. The fraction of sp³-hybridized carbons (Fsp3) is 0. The van der Waals surface area contributed by atoms with Crippen molar-refractivity contribution in [1.29, 1.82) is 0 Å². The summed E-state index contributed by atoms with van der Waals surface area (Å²) in [5.74, 6) is -1.28. The number of carboxylic acid groups (broad SMARTS) is 1. The van der Waals surface area contributed by atoms with E-state index >= 15 is 0 Å². The van der Waals surface area contributed by atoms with Crippen molar-refractivity contribution in [3.05, 3.63) is 44.7 Å². The van der Waals surface area contributed by atoms with Crippen LogP contribution in [0.2, 0.25) is 8.67 Å². The second-order valence-electron chi connectivity index (χ2n) is 4.52. The van der Waals surface area contributed by atoms with E-state index in [1.165, 1.54) is 6.07 Å². The molecule has 0 unspecified atom stereocenters. The van der Waals surface area contributed by atoms with E-state index in [-0.39, 0.29) is 24.9 Å². The first-order valence-corrected chi connectivity index (χ1v) is 9.17. The Morgan fingerprint density at radius 1 is 1.26 bits per heavy atom. The second-order valence-corrected chi connectivity index (χ2v) is 8.46. The Morgan fingerprint density at radius 2 is 1.96 bits per heavy atom. The Kier molecular flexibility index (Phi) is 4.01. The summed E-state index contributed by atoms with van der Waals surface area (Å²) in [7, 11) is -4.08. The minimum Gasteiger partial charge on any atom is -0.477 e. The number of carbonyl (C=O) groups is 1. The fourth-order valence-electron chi connectivity index (χ4n) is 2.11. The van der Waals surface area contributed by atoms with Crippen LogP contribution >= 0.6 is 34.5 Å². The summed E-state index contributed by atoms with van der Waals surface area (Å²) in [6.45, 7) is 0. The van der Waals surface area contributed by atoms with Gasteiger partial charge in [-0.3, -0.25) is 4.72 Å². The van der Waals surface area contributed by atoms with E-state index in [1.807, 2.05) is 0 Å². The minimum absolute atomic E-state index is 0.000726. The zero-order valence-electron chi connectivity index (χ0n) is 11.1. The lowest BCUT2D eigenvalue weighted by atomic mass is 10.2. The highest BCUT2D eigenvalue weighted by Gasteiger charge is 2.26. The third kappa shape index (κ3) is 2.90. The lowest BCUT2D eigenvalue weighted by Crippen LogP contribution is -2.14. The van der Waals surface area contributed by atoms with Crippen LogP contribution in [0.3, 0.4) is 0 Å². The average Bonchev–Trinajstić information content (AvgIpc) is 3.00. The van der Waals surface area contributed by atoms with Gasteiger partial charge < -0.3 is 10.1 Å². The molecule has 120 valence electrons. The molecule has 0 fully saturated rings. The van der Waals surface area contributed by atoms with Gasteiger partial charge in [-0.2, -0.15) is 0 Å². The number of aromatic carboxylic acids is 1. The molecule has 0 bridgehead atoms. The number of nitrogens with one attached hydrogen (secondary N) is 2. The Bertz CT molecular complexity index is 1020. The molecule has 3 N–H and O–H groups in total. The van der Waals surface area contributed by atoms with Crippen LogP contribution in [-0.4, -0.2) is 24.5 Å². The summed E-state index contributed by atoms with van der Waals surface area (Å²) >= 11 is 12.6. The van der Waals surface area contributed by atoms with Gasteiger partial charge in [-0.15, -0.1) is 11.3 Å². The number of sulfonamides is 1. The van der Waals surface area contributed by atoms with Crippen molar-refractivity contribution in [3.8, 4) is 0 Å². The highest BCUT2D eigenvalue weighted by Crippen LogP contribution is 2.36. The molecule has 2 aromatic heterocycles. The number of H-pyrrole nitrogens is 1. The van der Waals surface area contributed by atoms with Crippen LogP contribution in [-0.2, 0) is 10.0 Å². The molecule has 0 aliphatic heterocycles. The van der Waals surface area contributed by atoms with E-state index in [1.54, 1.807) is 24.3 Å². The number of carboxylic acids is 1. The number of anilines is 1. The van der Waals surface area contributed by atoms with Crippen molar-refractivity contribution >= 4 is 67.1 Å². The standard InChI is InChI=1S/C13H8Cl2N2O4S2/c14-9-5-8(12(15)22-9)23(20,21)17-10-6-3-1-2-4-7(6)16-11(10)13(18)19/h1-5,16-17H,(H,18,19). The van der Waals surface area contributed by atoms with Crippen LogP contribution < -0.4 is 4.72 Å². The molecule has 0 atom stereocenters. The molecule has 0 radical (unpaired) electrons. The summed E-state index contributed by atoms with van der Waals surface area (Å²) in [6.07, 6.45) is 0. The maximum Gasteiger partial charge on any atom is 0.354 e. The van der Waals surface area contributed by atoms with Crippen molar-refractivity contribution in [3.63, 3.8) is 0 Å². The molecule has 0 spiro atoms. The van der Waals surface area contributed by atoms with E-state index in [2.05, 4.69) is 9.71 Å². The third-order valence-electron chi connectivity index (χ3n) is 3.07. The number of hydrogen-bond donors (Lipinski definition) is 3. The number of para-hydroxylation sites is 1. The number of thiophene rings is 1. The number of halogens is 2. The lowest BCUT2D eigenvalue weighted by Gasteiger charge is -2.07. The Morgan fingerprint density at radius 3 is 2.57 bits per heavy atom. The topological polar surface area (TPSA) is 99.3 Å². The van der Waals surface area contributed by atoms with Crippen LogP contribution in [0.5, 0.6) is 0 Å². The van der Waals surface area contributed by atoms with Gasteiger partial charge in [0.25, 0.3) is 10.0 Å². The van der Waals surface area contributed by atoms with Gasteiger partial charge in [-0.25, -0.2) is 13.2 Å². The molecule has 6 nitrogen and oxygen atoms in total. The number of hydrogen-bond acceptors (Lipinski definition) is 4. The molecule has 0 saturated heterocycles. The van der Waals surface area contributed by atoms with E-state index < -0.39 is 16.0 Å². The quantitative estimate of drug-likeness (QED) is 0.625. The van der Waals surface area contributed by atoms with E-state index in [0.29, 0.717) is 10.9 Å². The van der Waals surface area contributed by atoms with Gasteiger partial charge in [0.1, 0.15) is 14.9 Å². The minimum atomic E-state index is -4.08. The van der Waals surface area contributed by atoms with Gasteiger partial charge in [0.05, 0.1) is 10.0 Å². The van der Waals surface area contributed by atoms with Crippen molar-refractivity contribution in [2.24, 2.45) is 0 Å². The molecule has 1 aromatic carbocycles. The van der Waals surface area contributed by atoms with Crippen LogP contribution in [0, 0.1) is 0 Å². The number of aromatic nitrogens is 1. The first-order valence-electron chi connectivity index (χ1n) is 6.11. The molecule has 3 aromatic rings. The molecule has 0 aliphatic carbocycles. The monoisotopic (exact) mass is 390 g/mol. The number of aromatic amines is 1. The van der Waals surface area contributed by atoms with E-state index in [9.17, 15) is 18.3 Å². The van der Waals surface area contributed by atoms with E-state index in [4.69, 9.17) is 23.2 Å². The van der Waals surface area contributed by atoms with Crippen molar-refractivity contribution in [1.82, 2.24) is 4.98 Å². The molecule has 0 amide bonds. The van der Waals surface area contributed by atoms with Gasteiger partial charge >= 0.3 is 5.97 Å². The van der Waals surface area contributed by atoms with Crippen molar-refractivity contribution < 1.29 is 18.3 Å². The predicted molar refractivity (Wildman–Crippen MR) is 90.4 cm³/mol. The van der Waals surface area contributed by atoms with E-state index in [0.717, 1.165) is 11.3 Å². The molecule has 23 heavy (non-hydrogen) atoms. The predicted octanol–water partition coefficient (Wildman–Crippen LogP) is 4.04. The van der Waals surface area contributed by atoms with Gasteiger partial charge in [0, 0.05) is 10.9 Å². The molecule has 10 heteroatoms. The normalized spacial score (nSPS) is 11.7. The average molecular weight is 391 g/mol. The molecular formula is C13H8Cl2N2O4S2. The lowest BCUT2D eigenvalue weighted by molar-refractivity contribution is 0.0692. The molecule has 2 heterocycles. The number of rotatable bonds is 4. The highest BCUT2D eigenvalue weighted by molar-refractivity contribution is 7.93. The molecule has 0 aliphatic rings. The van der Waals surface area contributed by atoms with Crippen LogP contribution in [0.1, 0.15) is 10.5 Å². The Labute approximate surface area is 144 Å². The largest absolute Gasteiger partial charge is 0.477 e. The fourth-order valence-corrected chi connectivity index (χ4v) is 5.35. The van der Waals surface area contributed by atoms with Gasteiger partial charge in [-0.1, -0.05) is 41.4 Å². The zero-order valence-corrected chi connectivity index (χ0v) is 14.3. The third-order valence-corrected chi connectivity index (χ3v) is 6.17. The summed E-state index contributed by atoms with van der Waals surface area (Å²) in [6, 6.07) is 7.85. The van der Waals surface area contributed by atoms with Crippen molar-refractivity contribution in [2.75, 3.05) is 4.72 Å². The van der Waals surface area contributed by atoms with Crippen LogP contribution in [0.4, 0.5) is 5.69 Å². The smallest absolute Gasteiger partial charge is 0.354 e. The number of benzene rings is 1. The van der Waals surface area contributed by atoms with Gasteiger partial charge in [0.2, 0.25) is 0 Å². The number of fused-ring (bicyclic) bond motifs is 1. The summed E-state index contributed by atoms with van der Waals surface area (Å²) in [5, 5.41) is 9.72. The summed E-state index contributed by atoms with van der Waals surface area (Å²) < 4.78 is 27.5. The summed E-state index contributed by atoms with van der Waals surface area (Å²) in [4.78, 5) is 13.8. The molecule has 3 rings (SSSR count). The maximum absolute atomic E-state index is 12.5. The molecule has 0 saturated carbocycles. The molecular weight excluding hydrogens is 383 g/mol. The van der Waals surface area contributed by atoms with Crippen molar-refractivity contribution in [2.45, 2.75) is 4.90 Å². The highest BCUT2D eigenvalue weighted by atomic mass is 35.5. The zero-order chi connectivity index (χ0) is 16.8.